The molecule has 5 aromatic carbocycles. The third kappa shape index (κ3) is 2.53. The number of benzene rings is 5. The summed E-state index contributed by atoms with van der Waals surface area (Å²) in [6.45, 7) is 0. The highest BCUT2D eigenvalue weighted by Gasteiger charge is 2.13. The smallest absolute Gasteiger partial charge is 0.0544 e. The van der Waals surface area contributed by atoms with E-state index in [-0.39, 0.29) is 0 Å². The zero-order chi connectivity index (χ0) is 21.1. The second kappa shape index (κ2) is 6.60. The van der Waals surface area contributed by atoms with Gasteiger partial charge in [0, 0.05) is 43.7 Å². The molecule has 7 rings (SSSR count). The Kier molecular flexibility index (Phi) is 3.58. The third-order valence-electron chi connectivity index (χ3n) is 6.54. The molecule has 2 N–H and O–H groups in total. The Bertz CT molecular complexity index is 1770. The Morgan fingerprint density at radius 3 is 1.81 bits per heavy atom. The van der Waals surface area contributed by atoms with Crippen molar-refractivity contribution in [3.63, 3.8) is 0 Å². The summed E-state index contributed by atoms with van der Waals surface area (Å²) in [7, 11) is 0. The molecule has 0 bridgehead atoms. The fraction of sp³-hybridized carbons (Fsp3) is 0. The summed E-state index contributed by atoms with van der Waals surface area (Å²) in [4.78, 5) is 7.21. The summed E-state index contributed by atoms with van der Waals surface area (Å²) in [6, 6.07) is 39.1. The molecular weight excluding hydrogens is 388 g/mol. The van der Waals surface area contributed by atoms with Crippen molar-refractivity contribution >= 4 is 43.6 Å². The van der Waals surface area contributed by atoms with Crippen LogP contribution in [0.1, 0.15) is 0 Å². The number of hydrogen-bond donors (Lipinski definition) is 2. The maximum atomic E-state index is 3.67. The Balaban J connectivity index is 1.55. The summed E-state index contributed by atoms with van der Waals surface area (Å²) in [5, 5.41) is 5.05. The maximum absolute atomic E-state index is 3.67. The van der Waals surface area contributed by atoms with Crippen LogP contribution in [0.15, 0.2) is 109 Å². The van der Waals surface area contributed by atoms with E-state index in [1.807, 2.05) is 0 Å². The van der Waals surface area contributed by atoms with Crippen molar-refractivity contribution in [3.8, 4) is 22.3 Å². The van der Waals surface area contributed by atoms with Gasteiger partial charge < -0.3 is 9.97 Å². The second-order valence-electron chi connectivity index (χ2n) is 8.41. The third-order valence-corrected chi connectivity index (χ3v) is 6.54. The number of H-pyrrole nitrogens is 2. The average Bonchev–Trinajstić information content (AvgIpc) is 3.42. The number of para-hydroxylation sites is 2. The lowest BCUT2D eigenvalue weighted by molar-refractivity contribution is 1.53. The van der Waals surface area contributed by atoms with E-state index in [0.29, 0.717) is 0 Å². The predicted octanol–water partition coefficient (Wildman–Crippen LogP) is 8.29. The van der Waals surface area contributed by atoms with E-state index in [2.05, 4.69) is 119 Å². The molecule has 0 aliphatic heterocycles. The molecule has 0 radical (unpaired) electrons. The maximum Gasteiger partial charge on any atom is 0.0544 e. The van der Waals surface area contributed by atoms with Gasteiger partial charge in [-0.15, -0.1) is 0 Å². The van der Waals surface area contributed by atoms with Crippen LogP contribution in [-0.4, -0.2) is 9.97 Å². The van der Waals surface area contributed by atoms with Gasteiger partial charge in [-0.05, 0) is 53.1 Å². The zero-order valence-electron chi connectivity index (χ0n) is 17.4. The quantitative estimate of drug-likeness (QED) is 0.288. The number of aromatic nitrogens is 2. The average molecular weight is 409 g/mol. The van der Waals surface area contributed by atoms with Crippen LogP contribution >= 0.6 is 0 Å². The van der Waals surface area contributed by atoms with E-state index >= 15 is 0 Å². The van der Waals surface area contributed by atoms with E-state index in [9.17, 15) is 0 Å². The van der Waals surface area contributed by atoms with Crippen molar-refractivity contribution in [2.45, 2.75) is 0 Å². The van der Waals surface area contributed by atoms with Gasteiger partial charge in [0.2, 0.25) is 0 Å². The molecule has 0 amide bonds. The number of aromatic amines is 2. The zero-order valence-corrected chi connectivity index (χ0v) is 17.4. The minimum Gasteiger partial charge on any atom is -0.355 e. The molecule has 2 aromatic heterocycles. The molecule has 0 saturated carbocycles. The van der Waals surface area contributed by atoms with Crippen LogP contribution in [0.5, 0.6) is 0 Å². The topological polar surface area (TPSA) is 31.6 Å². The van der Waals surface area contributed by atoms with Crippen molar-refractivity contribution in [1.29, 1.82) is 0 Å². The van der Waals surface area contributed by atoms with Crippen molar-refractivity contribution < 1.29 is 0 Å². The minimum absolute atomic E-state index is 1.17. The van der Waals surface area contributed by atoms with Gasteiger partial charge in [0.25, 0.3) is 0 Å². The lowest BCUT2D eigenvalue weighted by Gasteiger charge is -2.09. The monoisotopic (exact) mass is 408 g/mol. The molecule has 0 saturated heterocycles. The molecule has 32 heavy (non-hydrogen) atoms. The fourth-order valence-electron chi connectivity index (χ4n) is 4.99. The van der Waals surface area contributed by atoms with Gasteiger partial charge in [-0.25, -0.2) is 0 Å². The first-order valence-electron chi connectivity index (χ1n) is 11.0. The van der Waals surface area contributed by atoms with Crippen LogP contribution in [-0.2, 0) is 0 Å². The Morgan fingerprint density at radius 1 is 0.375 bits per heavy atom. The van der Waals surface area contributed by atoms with Crippen LogP contribution < -0.4 is 0 Å². The Hall–Kier alpha value is -4.30. The van der Waals surface area contributed by atoms with Crippen molar-refractivity contribution in [2.24, 2.45) is 0 Å². The van der Waals surface area contributed by atoms with Gasteiger partial charge >= 0.3 is 0 Å². The van der Waals surface area contributed by atoms with Gasteiger partial charge in [0.1, 0.15) is 0 Å². The van der Waals surface area contributed by atoms with Crippen molar-refractivity contribution in [2.75, 3.05) is 0 Å². The fourth-order valence-corrected chi connectivity index (χ4v) is 4.99. The molecule has 0 atom stereocenters. The summed E-state index contributed by atoms with van der Waals surface area (Å²) < 4.78 is 0. The summed E-state index contributed by atoms with van der Waals surface area (Å²) in [6.07, 6.45) is 0. The van der Waals surface area contributed by atoms with E-state index in [4.69, 9.17) is 0 Å². The van der Waals surface area contributed by atoms with E-state index in [0.717, 1.165) is 0 Å². The molecule has 0 fully saturated rings. The first-order chi connectivity index (χ1) is 15.8. The molecule has 2 heteroatoms. The van der Waals surface area contributed by atoms with Crippen LogP contribution in [0, 0.1) is 0 Å². The standard InChI is InChI=1S/C30H20N2/c1-2-8-19(9-3-1)24-17-21(18-26-23-11-5-7-13-28(23)32-30(24)26)20-14-15-29-25(16-20)22-10-4-6-12-27(22)31-29/h1-18,31-32H. The number of hydrogen-bond acceptors (Lipinski definition) is 0. The van der Waals surface area contributed by atoms with E-state index in [1.165, 1.54) is 65.9 Å². The molecule has 2 nitrogen and oxygen atoms in total. The highest BCUT2D eigenvalue weighted by molar-refractivity contribution is 6.14. The van der Waals surface area contributed by atoms with E-state index < -0.39 is 0 Å². The van der Waals surface area contributed by atoms with Gasteiger partial charge in [-0.1, -0.05) is 72.8 Å². The molecule has 2 heterocycles. The van der Waals surface area contributed by atoms with Crippen LogP contribution in [0.3, 0.4) is 0 Å². The molecule has 0 spiro atoms. The predicted molar refractivity (Wildman–Crippen MR) is 136 cm³/mol. The highest BCUT2D eigenvalue weighted by Crippen LogP contribution is 2.38. The normalized spacial score (nSPS) is 11.8. The molecule has 7 aromatic rings. The second-order valence-corrected chi connectivity index (χ2v) is 8.41. The Morgan fingerprint density at radius 2 is 1.00 bits per heavy atom. The van der Waals surface area contributed by atoms with E-state index in [1.54, 1.807) is 0 Å². The first-order valence-corrected chi connectivity index (χ1v) is 11.0. The summed E-state index contributed by atoms with van der Waals surface area (Å²) in [5.41, 5.74) is 9.62. The van der Waals surface area contributed by atoms with Gasteiger partial charge in [0.05, 0.1) is 5.52 Å². The van der Waals surface area contributed by atoms with Crippen molar-refractivity contribution in [1.82, 2.24) is 9.97 Å². The number of fused-ring (bicyclic) bond motifs is 6. The van der Waals surface area contributed by atoms with Gasteiger partial charge in [-0.3, -0.25) is 0 Å². The number of rotatable bonds is 2. The first kappa shape index (κ1) is 17.4. The molecular formula is C30H20N2. The lowest BCUT2D eigenvalue weighted by Crippen LogP contribution is -1.85. The largest absolute Gasteiger partial charge is 0.355 e. The molecule has 0 aliphatic rings. The van der Waals surface area contributed by atoms with Crippen LogP contribution in [0.4, 0.5) is 0 Å². The van der Waals surface area contributed by atoms with Gasteiger partial charge in [-0.2, -0.15) is 0 Å². The molecule has 0 unspecified atom stereocenters. The summed E-state index contributed by atoms with van der Waals surface area (Å²) in [5.74, 6) is 0. The van der Waals surface area contributed by atoms with Gasteiger partial charge in [0.15, 0.2) is 0 Å². The van der Waals surface area contributed by atoms with Crippen LogP contribution in [0.2, 0.25) is 0 Å². The summed E-state index contributed by atoms with van der Waals surface area (Å²) >= 11 is 0. The molecule has 150 valence electrons. The molecule has 0 aliphatic carbocycles. The Labute approximate surface area is 185 Å². The van der Waals surface area contributed by atoms with Crippen molar-refractivity contribution in [3.05, 3.63) is 109 Å². The SMILES string of the molecule is c1ccc(-c2cc(-c3ccc4[nH]c5ccccc5c4c3)cc3c2[nH]c2ccccc23)cc1. The van der Waals surface area contributed by atoms with Crippen LogP contribution in [0.25, 0.3) is 65.9 Å². The number of nitrogens with one attached hydrogen (secondary N) is 2. The lowest BCUT2D eigenvalue weighted by atomic mass is 9.95. The minimum atomic E-state index is 1.17. The highest BCUT2D eigenvalue weighted by atomic mass is 14.7.